The fourth-order valence-electron chi connectivity index (χ4n) is 0. The first-order valence-electron chi connectivity index (χ1n) is 1.03. The third kappa shape index (κ3) is 85.6. The molecule has 6 heavy (non-hydrogen) atoms. The normalized spacial score (nSPS) is 9.67. The van der Waals surface area contributed by atoms with Gasteiger partial charge in [0.2, 0.25) is 0 Å². The van der Waals surface area contributed by atoms with Gasteiger partial charge in [0.25, 0.3) is 0 Å². The van der Waals surface area contributed by atoms with Crippen molar-refractivity contribution in [3.63, 3.8) is 0 Å². The third-order valence-electron chi connectivity index (χ3n) is 0. The van der Waals surface area contributed by atoms with E-state index in [0.717, 1.165) is 6.26 Å². The van der Waals surface area contributed by atoms with Crippen LogP contribution in [-0.4, -0.2) is 14.7 Å². The Balaban J connectivity index is 0. The molecule has 0 fully saturated rings. The van der Waals surface area contributed by atoms with Gasteiger partial charge in [-0.25, -0.2) is 6.26 Å². The first-order valence-corrected chi connectivity index (χ1v) is 3.09. The van der Waals surface area contributed by atoms with Crippen LogP contribution in [0.4, 0.5) is 0 Å². The van der Waals surface area contributed by atoms with E-state index in [1.807, 2.05) is 0 Å². The Hall–Kier alpha value is 0.950. The van der Waals surface area contributed by atoms with Crippen LogP contribution in [0.1, 0.15) is 0 Å². The number of hydrogen-bond acceptors (Lipinski definition) is 2. The van der Waals surface area contributed by atoms with Gasteiger partial charge in [-0.3, -0.25) is 8.42 Å². The van der Waals surface area contributed by atoms with E-state index in [1.165, 1.54) is 0 Å². The Labute approximate surface area is 60.1 Å². The fourth-order valence-corrected chi connectivity index (χ4v) is 0. The standard InChI is InChI=1S/C2H5O2S.Na/c1-5(2,3)4;/h1H2,2H3;/q-1;+1. The minimum absolute atomic E-state index is 0. The molecule has 0 amide bonds. The van der Waals surface area contributed by atoms with Crippen molar-refractivity contribution < 1.29 is 38.0 Å². The van der Waals surface area contributed by atoms with Gasteiger partial charge < -0.3 is 0 Å². The van der Waals surface area contributed by atoms with E-state index >= 15 is 0 Å². The molecule has 0 saturated heterocycles. The molecule has 0 aliphatic rings. The molecule has 0 N–H and O–H groups in total. The van der Waals surface area contributed by atoms with Crippen LogP contribution in [0.2, 0.25) is 0 Å². The maximum Gasteiger partial charge on any atom is 1.00 e. The van der Waals surface area contributed by atoms with Crippen molar-refractivity contribution >= 4 is 9.84 Å². The predicted octanol–water partition coefficient (Wildman–Crippen LogP) is -3.17. The molecule has 0 aliphatic carbocycles. The average Bonchev–Trinajstić information content (AvgIpc) is 0.722. The average molecular weight is 116 g/mol. The molecular weight excluding hydrogens is 111 g/mol. The Morgan fingerprint density at radius 2 is 1.50 bits per heavy atom. The Morgan fingerprint density at radius 1 is 1.50 bits per heavy atom. The van der Waals surface area contributed by atoms with E-state index in [0.29, 0.717) is 0 Å². The summed E-state index contributed by atoms with van der Waals surface area (Å²) in [6, 6.07) is 0. The zero-order valence-electron chi connectivity index (χ0n) is 3.93. The van der Waals surface area contributed by atoms with E-state index in [-0.39, 0.29) is 29.6 Å². The molecule has 0 aromatic heterocycles. The van der Waals surface area contributed by atoms with Gasteiger partial charge in [-0.05, 0) is 0 Å². The first kappa shape index (κ1) is 10.0. The molecule has 2 nitrogen and oxygen atoms in total. The van der Waals surface area contributed by atoms with Crippen LogP contribution < -0.4 is 29.6 Å². The monoisotopic (exact) mass is 116 g/mol. The van der Waals surface area contributed by atoms with Gasteiger partial charge in [-0.1, -0.05) is 0 Å². The van der Waals surface area contributed by atoms with Crippen molar-refractivity contribution in [2.75, 3.05) is 6.26 Å². The van der Waals surface area contributed by atoms with Crippen molar-refractivity contribution in [1.82, 2.24) is 0 Å². The van der Waals surface area contributed by atoms with Crippen LogP contribution in [0, 0.1) is 6.26 Å². The summed E-state index contributed by atoms with van der Waals surface area (Å²) in [6.07, 6.45) is 3.79. The summed E-state index contributed by atoms with van der Waals surface area (Å²) in [4.78, 5) is 0. The van der Waals surface area contributed by atoms with Gasteiger partial charge in [0.05, 0.1) is 0 Å². The fraction of sp³-hybridized carbons (Fsp3) is 0.500. The summed E-state index contributed by atoms with van der Waals surface area (Å²) >= 11 is 0. The third-order valence-corrected chi connectivity index (χ3v) is 0. The van der Waals surface area contributed by atoms with Crippen molar-refractivity contribution in [2.45, 2.75) is 0 Å². The minimum Gasteiger partial charge on any atom is -0.263 e. The molecule has 0 saturated carbocycles. The molecule has 0 bridgehead atoms. The van der Waals surface area contributed by atoms with Crippen LogP contribution in [0.15, 0.2) is 0 Å². The molecule has 0 unspecified atom stereocenters. The SMILES string of the molecule is [CH2-]S(C)(=O)=O.[Na+]. The van der Waals surface area contributed by atoms with Gasteiger partial charge in [0.15, 0.2) is 0 Å². The van der Waals surface area contributed by atoms with Crippen LogP contribution in [0.3, 0.4) is 0 Å². The van der Waals surface area contributed by atoms with Gasteiger partial charge in [0, 0.05) is 16.1 Å². The van der Waals surface area contributed by atoms with Crippen molar-refractivity contribution in [1.29, 1.82) is 0 Å². The van der Waals surface area contributed by atoms with E-state index < -0.39 is 9.84 Å². The van der Waals surface area contributed by atoms with E-state index in [2.05, 4.69) is 6.26 Å². The number of sulfone groups is 1. The second-order valence-corrected chi connectivity index (χ2v) is 2.78. The molecular formula is C2H5NaO2S. The molecule has 0 aromatic carbocycles. The second kappa shape index (κ2) is 3.02. The molecule has 0 radical (unpaired) electrons. The largest absolute Gasteiger partial charge is 1.00 e. The summed E-state index contributed by atoms with van der Waals surface area (Å²) in [7, 11) is -2.92. The van der Waals surface area contributed by atoms with Gasteiger partial charge >= 0.3 is 29.6 Å². The summed E-state index contributed by atoms with van der Waals surface area (Å²) in [6.45, 7) is 0. The molecule has 0 atom stereocenters. The topological polar surface area (TPSA) is 34.1 Å². The van der Waals surface area contributed by atoms with Gasteiger partial charge in [0.1, 0.15) is 0 Å². The Bertz CT molecular complexity index is 94.7. The molecule has 0 rings (SSSR count). The summed E-state index contributed by atoms with van der Waals surface area (Å²) in [5.74, 6) is 0. The summed E-state index contributed by atoms with van der Waals surface area (Å²) in [5, 5.41) is 0. The predicted molar refractivity (Wildman–Crippen MR) is 20.2 cm³/mol. The number of rotatable bonds is 0. The molecule has 0 aliphatic heterocycles. The molecule has 4 heteroatoms. The first-order chi connectivity index (χ1) is 2.00. The molecule has 0 heterocycles. The van der Waals surface area contributed by atoms with Crippen molar-refractivity contribution in [2.24, 2.45) is 0 Å². The second-order valence-electron chi connectivity index (χ2n) is 0.926. The van der Waals surface area contributed by atoms with Crippen LogP contribution in [0.25, 0.3) is 0 Å². The van der Waals surface area contributed by atoms with Gasteiger partial charge in [-0.2, -0.15) is 0 Å². The van der Waals surface area contributed by atoms with E-state index in [9.17, 15) is 8.42 Å². The molecule has 0 spiro atoms. The number of hydrogen-bond donors (Lipinski definition) is 0. The van der Waals surface area contributed by atoms with Crippen LogP contribution >= 0.6 is 0 Å². The quantitative estimate of drug-likeness (QED) is 0.247. The van der Waals surface area contributed by atoms with Crippen LogP contribution in [0.5, 0.6) is 0 Å². The minimum atomic E-state index is -2.92. The smallest absolute Gasteiger partial charge is 0.263 e. The maximum absolute atomic E-state index is 9.52. The van der Waals surface area contributed by atoms with Gasteiger partial charge in [-0.15, -0.1) is 0 Å². The zero-order chi connectivity index (χ0) is 4.50. The Kier molecular flexibility index (Phi) is 5.05. The maximum atomic E-state index is 9.52. The van der Waals surface area contributed by atoms with Crippen molar-refractivity contribution in [3.8, 4) is 0 Å². The molecule has 32 valence electrons. The Morgan fingerprint density at radius 3 is 1.50 bits per heavy atom. The van der Waals surface area contributed by atoms with Crippen molar-refractivity contribution in [3.05, 3.63) is 6.26 Å². The summed E-state index contributed by atoms with van der Waals surface area (Å²) in [5.41, 5.74) is 0. The zero-order valence-corrected chi connectivity index (χ0v) is 6.75. The summed E-state index contributed by atoms with van der Waals surface area (Å²) < 4.78 is 19.0. The molecule has 0 aromatic rings. The van der Waals surface area contributed by atoms with E-state index in [1.54, 1.807) is 0 Å². The van der Waals surface area contributed by atoms with Crippen LogP contribution in [-0.2, 0) is 9.84 Å². The van der Waals surface area contributed by atoms with E-state index in [4.69, 9.17) is 0 Å².